The van der Waals surface area contributed by atoms with Crippen LogP contribution in [0.2, 0.25) is 0 Å². The molecule has 1 heterocycles. The van der Waals surface area contributed by atoms with Crippen molar-refractivity contribution >= 4 is 23.5 Å². The van der Waals surface area contributed by atoms with E-state index in [2.05, 4.69) is 18.3 Å². The lowest BCUT2D eigenvalue weighted by Gasteiger charge is -2.26. The van der Waals surface area contributed by atoms with Crippen LogP contribution < -0.4 is 14.8 Å². The topological polar surface area (TPSA) is 50.8 Å². The minimum absolute atomic E-state index is 0.0990. The van der Waals surface area contributed by atoms with Gasteiger partial charge in [0.25, 0.3) is 0 Å². The molecule has 1 aliphatic heterocycles. The highest BCUT2D eigenvalue weighted by molar-refractivity contribution is 7.99. The molecule has 0 bridgehead atoms. The van der Waals surface area contributed by atoms with Gasteiger partial charge in [-0.1, -0.05) is 31.2 Å². The van der Waals surface area contributed by atoms with Crippen LogP contribution in [0.3, 0.4) is 0 Å². The minimum Gasteiger partial charge on any atom is -0.493 e. The number of hydrogen-bond acceptors (Lipinski definition) is 4. The zero-order valence-electron chi connectivity index (χ0n) is 15.3. The highest BCUT2D eigenvalue weighted by atomic mass is 32.2. The summed E-state index contributed by atoms with van der Waals surface area (Å²) in [5.74, 6) is 2.24. The Morgan fingerprint density at radius 2 is 2.04 bits per heavy atom. The Balaban J connectivity index is 1.83. The van der Waals surface area contributed by atoms with Gasteiger partial charge in [-0.25, -0.2) is 4.79 Å². The first-order valence-corrected chi connectivity index (χ1v) is 9.71. The Bertz CT molecular complexity index is 781. The van der Waals surface area contributed by atoms with Crippen LogP contribution in [0.15, 0.2) is 42.5 Å². The molecule has 3 rings (SSSR count). The van der Waals surface area contributed by atoms with Crippen LogP contribution in [-0.4, -0.2) is 37.4 Å². The molecule has 26 heavy (non-hydrogen) atoms. The van der Waals surface area contributed by atoms with Gasteiger partial charge in [-0.3, -0.25) is 0 Å². The quantitative estimate of drug-likeness (QED) is 0.837. The summed E-state index contributed by atoms with van der Waals surface area (Å²) in [4.78, 5) is 14.7. The van der Waals surface area contributed by atoms with Gasteiger partial charge < -0.3 is 19.7 Å². The Kier molecular flexibility index (Phi) is 5.93. The van der Waals surface area contributed by atoms with Crippen LogP contribution in [0.1, 0.15) is 23.4 Å². The highest BCUT2D eigenvalue weighted by Gasteiger charge is 2.33. The summed E-state index contributed by atoms with van der Waals surface area (Å²) >= 11 is 1.73. The van der Waals surface area contributed by atoms with Crippen molar-refractivity contribution in [2.45, 2.75) is 18.7 Å². The first kappa shape index (κ1) is 18.5. The summed E-state index contributed by atoms with van der Waals surface area (Å²) in [5.41, 5.74) is 2.97. The maximum Gasteiger partial charge on any atom is 0.323 e. The van der Waals surface area contributed by atoms with Crippen molar-refractivity contribution in [2.24, 2.45) is 0 Å². The predicted molar refractivity (Wildman–Crippen MR) is 106 cm³/mol. The van der Waals surface area contributed by atoms with Gasteiger partial charge in [0.15, 0.2) is 11.5 Å². The van der Waals surface area contributed by atoms with E-state index in [0.29, 0.717) is 18.0 Å². The van der Waals surface area contributed by atoms with Gasteiger partial charge in [-0.15, -0.1) is 11.8 Å². The second-order valence-electron chi connectivity index (χ2n) is 5.98. The number of nitrogens with one attached hydrogen (secondary N) is 1. The average molecular weight is 372 g/mol. The zero-order chi connectivity index (χ0) is 18.5. The number of urea groups is 1. The summed E-state index contributed by atoms with van der Waals surface area (Å²) in [6.45, 7) is 2.79. The number of benzene rings is 2. The molecule has 1 atom stereocenters. The number of para-hydroxylation sites is 1. The number of hydrogen-bond donors (Lipinski definition) is 1. The van der Waals surface area contributed by atoms with Crippen LogP contribution in [-0.2, 0) is 6.42 Å². The molecule has 2 aromatic rings. The molecular weight excluding hydrogens is 348 g/mol. The van der Waals surface area contributed by atoms with Crippen LogP contribution in [0.4, 0.5) is 10.5 Å². The van der Waals surface area contributed by atoms with E-state index in [1.807, 2.05) is 41.3 Å². The van der Waals surface area contributed by atoms with Crippen LogP contribution in [0, 0.1) is 0 Å². The third-order valence-electron chi connectivity index (χ3n) is 4.44. The van der Waals surface area contributed by atoms with Crippen molar-refractivity contribution in [2.75, 3.05) is 31.8 Å². The number of rotatable bonds is 5. The molecule has 2 aromatic carbocycles. The lowest BCUT2D eigenvalue weighted by Crippen LogP contribution is -2.34. The highest BCUT2D eigenvalue weighted by Crippen LogP contribution is 2.45. The molecule has 6 heteroatoms. The van der Waals surface area contributed by atoms with Crippen molar-refractivity contribution in [3.63, 3.8) is 0 Å². The third-order valence-corrected chi connectivity index (χ3v) is 5.68. The van der Waals surface area contributed by atoms with E-state index in [1.165, 1.54) is 5.56 Å². The van der Waals surface area contributed by atoms with Gasteiger partial charge in [0.1, 0.15) is 5.37 Å². The summed E-state index contributed by atoms with van der Waals surface area (Å²) in [5, 5.41) is 2.92. The Morgan fingerprint density at radius 3 is 2.77 bits per heavy atom. The van der Waals surface area contributed by atoms with Crippen LogP contribution in [0.5, 0.6) is 11.5 Å². The maximum atomic E-state index is 12.9. The van der Waals surface area contributed by atoms with Crippen molar-refractivity contribution in [1.82, 2.24) is 4.90 Å². The molecule has 0 aliphatic carbocycles. The summed E-state index contributed by atoms with van der Waals surface area (Å²) in [6.07, 6.45) is 0.937. The minimum atomic E-state index is -0.102. The second-order valence-corrected chi connectivity index (χ2v) is 7.17. The average Bonchev–Trinajstić information content (AvgIpc) is 3.17. The fraction of sp³-hybridized carbons (Fsp3) is 0.350. The number of carbonyl (C=O) groups is 1. The van der Waals surface area contributed by atoms with E-state index in [0.717, 1.165) is 23.4 Å². The number of aryl methyl sites for hydroxylation is 1. The van der Waals surface area contributed by atoms with Gasteiger partial charge in [0, 0.05) is 23.5 Å². The molecule has 138 valence electrons. The van der Waals surface area contributed by atoms with Gasteiger partial charge in [-0.2, -0.15) is 0 Å². The maximum absolute atomic E-state index is 12.9. The molecular formula is C20H24N2O3S. The predicted octanol–water partition coefficient (Wildman–Crippen LogP) is 4.55. The number of anilines is 1. The summed E-state index contributed by atoms with van der Waals surface area (Å²) in [6, 6.07) is 13.6. The number of ether oxygens (including phenoxy) is 2. The number of carbonyl (C=O) groups excluding carboxylic acids is 1. The van der Waals surface area contributed by atoms with Crippen molar-refractivity contribution in [3.05, 3.63) is 53.6 Å². The van der Waals surface area contributed by atoms with E-state index in [9.17, 15) is 4.79 Å². The Labute approximate surface area is 158 Å². The SMILES string of the molecule is CCc1cccc(NC(=O)N2CCSC2c2cccc(OC)c2OC)c1. The number of nitrogens with zero attached hydrogens (tertiary/aromatic N) is 1. The largest absolute Gasteiger partial charge is 0.493 e. The molecule has 1 saturated heterocycles. The Morgan fingerprint density at radius 1 is 1.23 bits per heavy atom. The van der Waals surface area contributed by atoms with Gasteiger partial charge >= 0.3 is 6.03 Å². The normalized spacial score (nSPS) is 16.4. The molecule has 0 aromatic heterocycles. The molecule has 5 nitrogen and oxygen atoms in total. The first-order valence-electron chi connectivity index (χ1n) is 8.67. The van der Waals surface area contributed by atoms with Crippen molar-refractivity contribution in [3.8, 4) is 11.5 Å². The molecule has 1 aliphatic rings. The third kappa shape index (κ3) is 3.75. The molecule has 0 radical (unpaired) electrons. The molecule has 0 saturated carbocycles. The summed E-state index contributed by atoms with van der Waals surface area (Å²) < 4.78 is 11.0. The molecule has 1 N–H and O–H groups in total. The lowest BCUT2D eigenvalue weighted by molar-refractivity contribution is 0.213. The number of methoxy groups -OCH3 is 2. The van der Waals surface area contributed by atoms with E-state index in [1.54, 1.807) is 26.0 Å². The molecule has 1 unspecified atom stereocenters. The zero-order valence-corrected chi connectivity index (χ0v) is 16.1. The van der Waals surface area contributed by atoms with E-state index < -0.39 is 0 Å². The fourth-order valence-corrected chi connectivity index (χ4v) is 4.38. The van der Waals surface area contributed by atoms with Gasteiger partial charge in [0.2, 0.25) is 0 Å². The lowest BCUT2D eigenvalue weighted by atomic mass is 10.1. The van der Waals surface area contributed by atoms with Crippen LogP contribution in [0.25, 0.3) is 0 Å². The van der Waals surface area contributed by atoms with Gasteiger partial charge in [0.05, 0.1) is 14.2 Å². The monoisotopic (exact) mass is 372 g/mol. The van der Waals surface area contributed by atoms with E-state index in [-0.39, 0.29) is 11.4 Å². The van der Waals surface area contributed by atoms with Crippen molar-refractivity contribution in [1.29, 1.82) is 0 Å². The molecule has 2 amide bonds. The van der Waals surface area contributed by atoms with E-state index in [4.69, 9.17) is 9.47 Å². The number of thioether (sulfide) groups is 1. The fourth-order valence-electron chi connectivity index (χ4n) is 3.11. The molecule has 0 spiro atoms. The van der Waals surface area contributed by atoms with Gasteiger partial charge in [-0.05, 0) is 30.2 Å². The molecule has 1 fully saturated rings. The summed E-state index contributed by atoms with van der Waals surface area (Å²) in [7, 11) is 3.25. The van der Waals surface area contributed by atoms with Crippen molar-refractivity contribution < 1.29 is 14.3 Å². The smallest absolute Gasteiger partial charge is 0.323 e. The van der Waals surface area contributed by atoms with Crippen LogP contribution >= 0.6 is 11.8 Å². The Hall–Kier alpha value is -2.34. The standard InChI is InChI=1S/C20H24N2O3S/c1-4-14-7-5-8-15(13-14)21-20(23)22-11-12-26-19(22)16-9-6-10-17(24-2)18(16)25-3/h5-10,13,19H,4,11-12H2,1-3H3,(H,21,23). The second kappa shape index (κ2) is 8.36. The number of amides is 2. The first-order chi connectivity index (χ1) is 12.7. The van der Waals surface area contributed by atoms with E-state index >= 15 is 0 Å².